The number of nitrogens with one attached hydrogen (secondary N) is 2. The topological polar surface area (TPSA) is 114 Å². The number of ether oxygens (including phenoxy) is 1. The molecule has 168 valence electrons. The summed E-state index contributed by atoms with van der Waals surface area (Å²) in [4.78, 5) is 37.9. The molecule has 0 bridgehead atoms. The van der Waals surface area contributed by atoms with Crippen LogP contribution in [-0.4, -0.2) is 42.0 Å². The lowest BCUT2D eigenvalue weighted by Crippen LogP contribution is -2.48. The zero-order valence-electron chi connectivity index (χ0n) is 18.2. The summed E-state index contributed by atoms with van der Waals surface area (Å²) < 4.78 is 5.29. The fourth-order valence-corrected chi connectivity index (χ4v) is 3.63. The minimum Gasteiger partial charge on any atom is -0.463 e. The van der Waals surface area contributed by atoms with Crippen molar-refractivity contribution in [3.05, 3.63) is 87.1 Å². The Morgan fingerprint density at radius 3 is 2.59 bits per heavy atom. The Kier molecular flexibility index (Phi) is 7.21. The number of urea groups is 1. The molecule has 2 N–H and O–H groups in total. The van der Waals surface area contributed by atoms with Gasteiger partial charge in [-0.15, -0.1) is 0 Å². The molecule has 2 aromatic carbocycles. The van der Waals surface area contributed by atoms with Crippen LogP contribution in [-0.2, 0) is 9.53 Å². The summed E-state index contributed by atoms with van der Waals surface area (Å²) in [5, 5.41) is 16.7. The van der Waals surface area contributed by atoms with E-state index in [2.05, 4.69) is 10.6 Å². The predicted molar refractivity (Wildman–Crippen MR) is 119 cm³/mol. The number of esters is 1. The number of carbonyl (C=O) groups is 2. The third-order valence-electron chi connectivity index (χ3n) is 5.41. The van der Waals surface area contributed by atoms with Gasteiger partial charge in [0, 0.05) is 30.4 Å². The molecular weight excluding hydrogens is 412 g/mol. The molecule has 0 aromatic heterocycles. The van der Waals surface area contributed by atoms with Crippen LogP contribution in [0.5, 0.6) is 0 Å². The van der Waals surface area contributed by atoms with Crippen molar-refractivity contribution in [2.24, 2.45) is 0 Å². The molecule has 2 amide bonds. The van der Waals surface area contributed by atoms with E-state index in [4.69, 9.17) is 4.74 Å². The maximum absolute atomic E-state index is 12.9. The van der Waals surface area contributed by atoms with E-state index in [1.165, 1.54) is 12.1 Å². The molecular formula is C23H26N4O5. The van der Waals surface area contributed by atoms with Crippen LogP contribution in [0.2, 0.25) is 0 Å². The molecule has 1 heterocycles. The van der Waals surface area contributed by atoms with Gasteiger partial charge in [-0.1, -0.05) is 42.5 Å². The van der Waals surface area contributed by atoms with E-state index >= 15 is 0 Å². The van der Waals surface area contributed by atoms with Gasteiger partial charge in [0.25, 0.3) is 5.69 Å². The summed E-state index contributed by atoms with van der Waals surface area (Å²) in [7, 11) is 1.82. The Hall–Kier alpha value is -3.72. The number of non-ortho nitro benzene ring substituents is 1. The summed E-state index contributed by atoms with van der Waals surface area (Å²) in [6.45, 7) is 4.06. The molecule has 9 heteroatoms. The summed E-state index contributed by atoms with van der Waals surface area (Å²) in [5.74, 6) is -0.514. The zero-order valence-corrected chi connectivity index (χ0v) is 18.2. The van der Waals surface area contributed by atoms with Crippen molar-refractivity contribution in [3.8, 4) is 0 Å². The average Bonchev–Trinajstić information content (AvgIpc) is 2.78. The van der Waals surface area contributed by atoms with E-state index in [1.807, 2.05) is 55.3 Å². The Balaban J connectivity index is 1.95. The van der Waals surface area contributed by atoms with Crippen molar-refractivity contribution in [2.45, 2.75) is 25.9 Å². The van der Waals surface area contributed by atoms with Gasteiger partial charge in [-0.3, -0.25) is 15.0 Å². The first kappa shape index (κ1) is 23.0. The highest BCUT2D eigenvalue weighted by Gasteiger charge is 2.34. The van der Waals surface area contributed by atoms with Gasteiger partial charge < -0.3 is 15.4 Å². The first-order valence-corrected chi connectivity index (χ1v) is 10.3. The lowest BCUT2D eigenvalue weighted by Gasteiger charge is -2.33. The Morgan fingerprint density at radius 2 is 1.94 bits per heavy atom. The van der Waals surface area contributed by atoms with Gasteiger partial charge in [-0.2, -0.15) is 0 Å². The van der Waals surface area contributed by atoms with Crippen LogP contribution in [0.25, 0.3) is 0 Å². The lowest BCUT2D eigenvalue weighted by molar-refractivity contribution is -0.384. The number of hydrogen-bond acceptors (Lipinski definition) is 6. The highest BCUT2D eigenvalue weighted by atomic mass is 16.6. The number of carbonyl (C=O) groups excluding carboxylic acids is 2. The van der Waals surface area contributed by atoms with Crippen molar-refractivity contribution in [3.63, 3.8) is 0 Å². The van der Waals surface area contributed by atoms with Gasteiger partial charge in [0.15, 0.2) is 0 Å². The van der Waals surface area contributed by atoms with E-state index in [-0.39, 0.29) is 24.9 Å². The molecule has 0 saturated heterocycles. The third-order valence-corrected chi connectivity index (χ3v) is 5.41. The van der Waals surface area contributed by atoms with Crippen LogP contribution in [0.1, 0.15) is 37.1 Å². The zero-order chi connectivity index (χ0) is 23.3. The molecule has 2 aromatic rings. The highest BCUT2D eigenvalue weighted by molar-refractivity contribution is 5.95. The van der Waals surface area contributed by atoms with Crippen LogP contribution in [0.4, 0.5) is 10.5 Å². The molecule has 0 radical (unpaired) electrons. The van der Waals surface area contributed by atoms with Crippen molar-refractivity contribution in [2.75, 3.05) is 20.2 Å². The maximum Gasteiger partial charge on any atom is 0.338 e. The van der Waals surface area contributed by atoms with E-state index in [1.54, 1.807) is 13.0 Å². The second-order valence-corrected chi connectivity index (χ2v) is 7.50. The van der Waals surface area contributed by atoms with E-state index in [9.17, 15) is 19.7 Å². The number of nitrogens with zero attached hydrogens (tertiary/aromatic N) is 2. The van der Waals surface area contributed by atoms with E-state index < -0.39 is 23.0 Å². The van der Waals surface area contributed by atoms with Gasteiger partial charge >= 0.3 is 12.0 Å². The smallest absolute Gasteiger partial charge is 0.338 e. The second kappa shape index (κ2) is 10.1. The molecule has 2 unspecified atom stereocenters. The van der Waals surface area contributed by atoms with Crippen LogP contribution < -0.4 is 10.6 Å². The van der Waals surface area contributed by atoms with Gasteiger partial charge in [0.1, 0.15) is 0 Å². The van der Waals surface area contributed by atoms with Crippen LogP contribution >= 0.6 is 0 Å². The number of likely N-dealkylation sites (N-methyl/N-ethyl adjacent to an activating group) is 1. The molecule has 1 aliphatic rings. The number of nitro benzene ring substituents is 1. The lowest BCUT2D eigenvalue weighted by atomic mass is 9.94. The molecule has 0 spiro atoms. The van der Waals surface area contributed by atoms with Crippen LogP contribution in [0.3, 0.4) is 0 Å². The molecule has 32 heavy (non-hydrogen) atoms. The summed E-state index contributed by atoms with van der Waals surface area (Å²) in [5.41, 5.74) is 2.28. The van der Waals surface area contributed by atoms with Gasteiger partial charge in [0.2, 0.25) is 0 Å². The van der Waals surface area contributed by atoms with Gasteiger partial charge in [0.05, 0.1) is 23.1 Å². The van der Waals surface area contributed by atoms with Gasteiger partial charge in [-0.05, 0) is 32.0 Å². The predicted octanol–water partition coefficient (Wildman–Crippen LogP) is 3.46. The van der Waals surface area contributed by atoms with Crippen molar-refractivity contribution in [1.29, 1.82) is 0 Å². The largest absolute Gasteiger partial charge is 0.463 e. The van der Waals surface area contributed by atoms with Crippen molar-refractivity contribution >= 4 is 17.7 Å². The SMILES string of the molecule is CCOC(=O)C1=C(CN(C)C(C)c2cccc([N+](=O)[O-])c2)NC(=O)NC1c1ccccc1. The summed E-state index contributed by atoms with van der Waals surface area (Å²) in [6, 6.07) is 14.3. The first-order valence-electron chi connectivity index (χ1n) is 10.3. The molecule has 0 saturated carbocycles. The molecule has 0 aliphatic carbocycles. The molecule has 2 atom stereocenters. The maximum atomic E-state index is 12.9. The quantitative estimate of drug-likeness (QED) is 0.371. The average molecular weight is 438 g/mol. The molecule has 3 rings (SSSR count). The van der Waals surface area contributed by atoms with Crippen molar-refractivity contribution in [1.82, 2.24) is 15.5 Å². The minimum atomic E-state index is -0.652. The number of benzene rings is 2. The third kappa shape index (κ3) is 5.12. The van der Waals surface area contributed by atoms with Crippen molar-refractivity contribution < 1.29 is 19.2 Å². The fraction of sp³-hybridized carbons (Fsp3) is 0.304. The number of amides is 2. The number of hydrogen-bond donors (Lipinski definition) is 2. The number of nitro groups is 1. The molecule has 9 nitrogen and oxygen atoms in total. The van der Waals surface area contributed by atoms with Crippen LogP contribution in [0.15, 0.2) is 65.9 Å². The molecule has 0 fully saturated rings. The monoisotopic (exact) mass is 438 g/mol. The minimum absolute atomic E-state index is 0.00786. The van der Waals surface area contributed by atoms with Gasteiger partial charge in [-0.25, -0.2) is 9.59 Å². The Morgan fingerprint density at radius 1 is 1.22 bits per heavy atom. The summed E-state index contributed by atoms with van der Waals surface area (Å²) >= 11 is 0. The summed E-state index contributed by atoms with van der Waals surface area (Å²) in [6.07, 6.45) is 0. The Bertz CT molecular complexity index is 1040. The Labute approximate surface area is 186 Å². The molecule has 1 aliphatic heterocycles. The second-order valence-electron chi connectivity index (χ2n) is 7.50. The number of rotatable bonds is 8. The fourth-order valence-electron chi connectivity index (χ4n) is 3.63. The van der Waals surface area contributed by atoms with E-state index in [0.29, 0.717) is 11.3 Å². The van der Waals surface area contributed by atoms with Crippen LogP contribution in [0, 0.1) is 10.1 Å². The standard InChI is InChI=1S/C23H26N4O5/c1-4-32-22(28)20-19(24-23(29)25-21(20)16-9-6-5-7-10-16)14-26(3)15(2)17-11-8-12-18(13-17)27(30)31/h5-13,15,21H,4,14H2,1-3H3,(H2,24,25,29). The van der Waals surface area contributed by atoms with E-state index in [0.717, 1.165) is 11.1 Å². The normalized spacial score (nSPS) is 16.9. The first-order chi connectivity index (χ1) is 15.3. The highest BCUT2D eigenvalue weighted by Crippen LogP contribution is 2.30.